The summed E-state index contributed by atoms with van der Waals surface area (Å²) in [7, 11) is 1.59. The minimum atomic E-state index is -0.492. The Kier molecular flexibility index (Phi) is 5.82. The van der Waals surface area contributed by atoms with Crippen LogP contribution in [0, 0.1) is 0 Å². The smallest absolute Gasteiger partial charge is 0.363 e. The van der Waals surface area contributed by atoms with E-state index < -0.39 is 5.97 Å². The summed E-state index contributed by atoms with van der Waals surface area (Å²) in [4.78, 5) is 16.6. The van der Waals surface area contributed by atoms with Gasteiger partial charge in [0.05, 0.1) is 7.11 Å². The van der Waals surface area contributed by atoms with Gasteiger partial charge in [0.25, 0.3) is 0 Å². The highest BCUT2D eigenvalue weighted by Gasteiger charge is 2.24. The molecule has 1 aliphatic heterocycles. The minimum Gasteiger partial charge on any atom is -0.497 e. The van der Waals surface area contributed by atoms with E-state index in [0.717, 1.165) is 16.9 Å². The fraction of sp³-hybridized carbons (Fsp3) is 0.0833. The van der Waals surface area contributed by atoms with Crippen LogP contribution in [0.2, 0.25) is 5.02 Å². The summed E-state index contributed by atoms with van der Waals surface area (Å²) in [5.74, 6) is 1.18. The lowest BCUT2D eigenvalue weighted by atomic mass is 10.2. The van der Waals surface area contributed by atoms with Crippen LogP contribution in [-0.2, 0) is 16.1 Å². The topological polar surface area (TPSA) is 57.1 Å². The van der Waals surface area contributed by atoms with Crippen molar-refractivity contribution in [2.45, 2.75) is 6.61 Å². The van der Waals surface area contributed by atoms with E-state index in [1.54, 1.807) is 37.5 Å². The zero-order valence-corrected chi connectivity index (χ0v) is 16.9. The van der Waals surface area contributed by atoms with Gasteiger partial charge in [-0.1, -0.05) is 35.9 Å². The molecular formula is C24H18ClNO4. The molecule has 30 heavy (non-hydrogen) atoms. The van der Waals surface area contributed by atoms with E-state index in [9.17, 15) is 4.79 Å². The molecule has 3 aromatic carbocycles. The van der Waals surface area contributed by atoms with E-state index in [0.29, 0.717) is 22.9 Å². The Labute approximate surface area is 179 Å². The molecular weight excluding hydrogens is 402 g/mol. The van der Waals surface area contributed by atoms with Crippen molar-refractivity contribution < 1.29 is 19.0 Å². The van der Waals surface area contributed by atoms with E-state index in [4.69, 9.17) is 25.8 Å². The zero-order valence-electron chi connectivity index (χ0n) is 16.2. The summed E-state index contributed by atoms with van der Waals surface area (Å²) >= 11 is 5.90. The summed E-state index contributed by atoms with van der Waals surface area (Å²) < 4.78 is 16.3. The molecule has 0 radical (unpaired) electrons. The number of carbonyl (C=O) groups excluding carboxylic acids is 1. The summed E-state index contributed by atoms with van der Waals surface area (Å²) in [5.41, 5.74) is 2.73. The van der Waals surface area contributed by atoms with Gasteiger partial charge in [0.2, 0.25) is 5.90 Å². The van der Waals surface area contributed by atoms with Gasteiger partial charge in [-0.15, -0.1) is 0 Å². The number of nitrogens with zero attached hydrogens (tertiary/aromatic N) is 1. The Hall–Kier alpha value is -3.57. The number of aliphatic imine (C=N–C) groups is 1. The zero-order chi connectivity index (χ0) is 20.9. The first-order chi connectivity index (χ1) is 14.6. The Morgan fingerprint density at radius 3 is 2.50 bits per heavy atom. The second-order valence-corrected chi connectivity index (χ2v) is 6.99. The van der Waals surface area contributed by atoms with Crippen molar-refractivity contribution in [1.82, 2.24) is 0 Å². The average molecular weight is 420 g/mol. The van der Waals surface area contributed by atoms with E-state index in [1.165, 1.54) is 0 Å². The first kappa shape index (κ1) is 19.7. The summed E-state index contributed by atoms with van der Waals surface area (Å²) in [5, 5.41) is 0.686. The van der Waals surface area contributed by atoms with Crippen molar-refractivity contribution in [1.29, 1.82) is 0 Å². The van der Waals surface area contributed by atoms with Gasteiger partial charge in [-0.3, -0.25) is 0 Å². The van der Waals surface area contributed by atoms with Gasteiger partial charge in [0, 0.05) is 10.6 Å². The third-order valence-corrected chi connectivity index (χ3v) is 4.69. The van der Waals surface area contributed by atoms with Crippen LogP contribution >= 0.6 is 11.6 Å². The standard InChI is InChI=1S/C24H18ClNO4/c1-28-20-11-7-18(8-12-20)23-26-22(24(27)30-23)14-17-3-2-4-21(13-17)29-15-16-5-9-19(25)10-6-16/h2-14H,15H2,1H3. The molecule has 0 aromatic heterocycles. The number of carbonyl (C=O) groups is 1. The normalized spacial score (nSPS) is 14.4. The molecule has 0 bridgehead atoms. The van der Waals surface area contributed by atoms with Gasteiger partial charge in [-0.05, 0) is 65.7 Å². The van der Waals surface area contributed by atoms with Gasteiger partial charge in [-0.25, -0.2) is 9.79 Å². The lowest BCUT2D eigenvalue weighted by molar-refractivity contribution is -0.129. The first-order valence-electron chi connectivity index (χ1n) is 9.25. The lowest BCUT2D eigenvalue weighted by Gasteiger charge is -2.07. The molecule has 4 rings (SSSR count). The summed E-state index contributed by atoms with van der Waals surface area (Å²) in [6, 6.07) is 22.1. The Bertz CT molecular complexity index is 1120. The number of esters is 1. The number of cyclic esters (lactones) is 1. The number of benzene rings is 3. The average Bonchev–Trinajstić information content (AvgIpc) is 3.14. The maximum absolute atomic E-state index is 12.2. The largest absolute Gasteiger partial charge is 0.497 e. The Balaban J connectivity index is 1.49. The third kappa shape index (κ3) is 4.70. The molecule has 0 saturated heterocycles. The molecule has 150 valence electrons. The molecule has 0 atom stereocenters. The van der Waals surface area contributed by atoms with E-state index >= 15 is 0 Å². The Morgan fingerprint density at radius 1 is 1.00 bits per heavy atom. The van der Waals surface area contributed by atoms with Crippen LogP contribution < -0.4 is 9.47 Å². The fourth-order valence-corrected chi connectivity index (χ4v) is 2.99. The molecule has 3 aromatic rings. The highest BCUT2D eigenvalue weighted by molar-refractivity contribution is 6.30. The molecule has 1 heterocycles. The highest BCUT2D eigenvalue weighted by atomic mass is 35.5. The number of hydrogen-bond acceptors (Lipinski definition) is 5. The van der Waals surface area contributed by atoms with Crippen LogP contribution in [0.5, 0.6) is 11.5 Å². The van der Waals surface area contributed by atoms with Crippen molar-refractivity contribution in [3.63, 3.8) is 0 Å². The van der Waals surface area contributed by atoms with Crippen LogP contribution in [-0.4, -0.2) is 19.0 Å². The van der Waals surface area contributed by atoms with Gasteiger partial charge in [0.1, 0.15) is 18.1 Å². The molecule has 5 nitrogen and oxygen atoms in total. The van der Waals surface area contributed by atoms with Gasteiger partial charge >= 0.3 is 5.97 Å². The first-order valence-corrected chi connectivity index (χ1v) is 9.63. The van der Waals surface area contributed by atoms with Crippen molar-refractivity contribution in [2.24, 2.45) is 4.99 Å². The monoisotopic (exact) mass is 419 g/mol. The molecule has 0 amide bonds. The molecule has 0 spiro atoms. The number of hydrogen-bond donors (Lipinski definition) is 0. The van der Waals surface area contributed by atoms with Gasteiger partial charge in [-0.2, -0.15) is 0 Å². The fourth-order valence-electron chi connectivity index (χ4n) is 2.87. The van der Waals surface area contributed by atoms with Crippen molar-refractivity contribution in [3.05, 3.63) is 100 Å². The summed E-state index contributed by atoms with van der Waals surface area (Å²) in [6.45, 7) is 0.416. The number of ether oxygens (including phenoxy) is 3. The molecule has 0 N–H and O–H groups in total. The van der Waals surface area contributed by atoms with Crippen LogP contribution in [0.4, 0.5) is 0 Å². The summed E-state index contributed by atoms with van der Waals surface area (Å²) in [6.07, 6.45) is 1.67. The van der Waals surface area contributed by atoms with E-state index in [2.05, 4.69) is 4.99 Å². The SMILES string of the molecule is COc1ccc(C2=NC(=Cc3cccc(OCc4ccc(Cl)cc4)c3)C(=O)O2)cc1. The molecule has 0 fully saturated rings. The highest BCUT2D eigenvalue weighted by Crippen LogP contribution is 2.23. The molecule has 6 heteroatoms. The van der Waals surface area contributed by atoms with Crippen LogP contribution in [0.25, 0.3) is 6.08 Å². The quantitative estimate of drug-likeness (QED) is 0.403. The number of halogens is 1. The van der Waals surface area contributed by atoms with Crippen LogP contribution in [0.3, 0.4) is 0 Å². The van der Waals surface area contributed by atoms with Crippen LogP contribution in [0.15, 0.2) is 83.5 Å². The molecule has 0 unspecified atom stereocenters. The number of methoxy groups -OCH3 is 1. The van der Waals surface area contributed by atoms with Crippen molar-refractivity contribution in [2.75, 3.05) is 7.11 Å². The molecule has 0 saturated carbocycles. The molecule has 1 aliphatic rings. The Morgan fingerprint density at radius 2 is 1.77 bits per heavy atom. The lowest BCUT2D eigenvalue weighted by Crippen LogP contribution is -2.05. The van der Waals surface area contributed by atoms with Gasteiger partial charge in [0.15, 0.2) is 5.70 Å². The van der Waals surface area contributed by atoms with E-state index in [-0.39, 0.29) is 11.6 Å². The predicted octanol–water partition coefficient (Wildman–Crippen LogP) is 5.27. The predicted molar refractivity (Wildman–Crippen MR) is 116 cm³/mol. The minimum absolute atomic E-state index is 0.232. The van der Waals surface area contributed by atoms with Crippen molar-refractivity contribution in [3.8, 4) is 11.5 Å². The van der Waals surface area contributed by atoms with Gasteiger partial charge < -0.3 is 14.2 Å². The van der Waals surface area contributed by atoms with E-state index in [1.807, 2.05) is 48.5 Å². The molecule has 0 aliphatic carbocycles. The van der Waals surface area contributed by atoms with Crippen LogP contribution in [0.1, 0.15) is 16.7 Å². The third-order valence-electron chi connectivity index (χ3n) is 4.44. The second-order valence-electron chi connectivity index (χ2n) is 6.55. The van der Waals surface area contributed by atoms with Crippen molar-refractivity contribution >= 4 is 29.5 Å². The second kappa shape index (κ2) is 8.84. The maximum atomic E-state index is 12.2. The maximum Gasteiger partial charge on any atom is 0.363 e. The number of rotatable bonds is 6.